The van der Waals surface area contributed by atoms with Crippen molar-refractivity contribution in [3.8, 4) is 11.5 Å². The van der Waals surface area contributed by atoms with Gasteiger partial charge in [0.1, 0.15) is 0 Å². The van der Waals surface area contributed by atoms with Crippen LogP contribution in [-0.4, -0.2) is 39.1 Å². The predicted molar refractivity (Wildman–Crippen MR) is 112 cm³/mol. The summed E-state index contributed by atoms with van der Waals surface area (Å²) in [5.74, 6) is 0.194. The number of nitrogens with one attached hydrogen (secondary N) is 2. The molecule has 0 aliphatic rings. The van der Waals surface area contributed by atoms with Crippen LogP contribution < -0.4 is 25.8 Å². The molecule has 2 rings (SSSR count). The van der Waals surface area contributed by atoms with Crippen LogP contribution in [0.3, 0.4) is 0 Å². The third kappa shape index (κ3) is 6.14. The minimum absolute atomic E-state index is 0. The molecular weight excluding hydrogens is 382 g/mol. The van der Waals surface area contributed by atoms with Gasteiger partial charge in [0.05, 0.1) is 25.5 Å². The number of hydrogen-bond acceptors (Lipinski definition) is 5. The van der Waals surface area contributed by atoms with Crippen LogP contribution in [-0.2, 0) is 0 Å². The summed E-state index contributed by atoms with van der Waals surface area (Å²) in [6.07, 6.45) is 1.60. The van der Waals surface area contributed by atoms with Gasteiger partial charge in [-0.2, -0.15) is 0 Å². The van der Waals surface area contributed by atoms with E-state index in [4.69, 9.17) is 15.2 Å². The van der Waals surface area contributed by atoms with Gasteiger partial charge in [0, 0.05) is 18.2 Å². The number of unbranched alkanes of at least 4 members (excludes halogenated alkanes) is 1. The lowest BCUT2D eigenvalue weighted by molar-refractivity contribution is 0.0953. The Morgan fingerprint density at radius 1 is 0.964 bits per heavy atom. The van der Waals surface area contributed by atoms with E-state index in [0.717, 1.165) is 12.8 Å². The van der Waals surface area contributed by atoms with Crippen molar-refractivity contribution in [1.82, 2.24) is 5.32 Å². The molecule has 152 valence electrons. The molecule has 8 heteroatoms. The van der Waals surface area contributed by atoms with E-state index in [1.54, 1.807) is 36.4 Å². The van der Waals surface area contributed by atoms with Crippen LogP contribution in [0.2, 0.25) is 0 Å². The molecule has 28 heavy (non-hydrogen) atoms. The minimum atomic E-state index is -0.319. The lowest BCUT2D eigenvalue weighted by Crippen LogP contribution is -2.26. The van der Waals surface area contributed by atoms with Crippen LogP contribution >= 0.6 is 12.4 Å². The van der Waals surface area contributed by atoms with Gasteiger partial charge in [-0.1, -0.05) is 18.2 Å². The van der Waals surface area contributed by atoms with Gasteiger partial charge in [0.2, 0.25) is 0 Å². The molecule has 7 nitrogen and oxygen atoms in total. The van der Waals surface area contributed by atoms with Crippen LogP contribution in [0.5, 0.6) is 11.5 Å². The molecule has 2 aromatic carbocycles. The Morgan fingerprint density at radius 3 is 2.21 bits per heavy atom. The maximum atomic E-state index is 12.6. The smallest absolute Gasteiger partial charge is 0.255 e. The van der Waals surface area contributed by atoms with Crippen LogP contribution in [0.25, 0.3) is 0 Å². The summed E-state index contributed by atoms with van der Waals surface area (Å²) < 4.78 is 10.6. The largest absolute Gasteiger partial charge is 0.493 e. The fourth-order valence-electron chi connectivity index (χ4n) is 2.52. The maximum Gasteiger partial charge on any atom is 0.255 e. The lowest BCUT2D eigenvalue weighted by Gasteiger charge is -2.16. The molecule has 0 saturated carbocycles. The number of ether oxygens (including phenoxy) is 2. The highest BCUT2D eigenvalue weighted by atomic mass is 35.5. The second kappa shape index (κ2) is 11.8. The summed E-state index contributed by atoms with van der Waals surface area (Å²) in [5, 5.41) is 5.61. The topological polar surface area (TPSA) is 103 Å². The fraction of sp³-hybridized carbons (Fsp3) is 0.300. The second-order valence-electron chi connectivity index (χ2n) is 5.82. The molecule has 0 aromatic heterocycles. The first kappa shape index (κ1) is 23.3. The summed E-state index contributed by atoms with van der Waals surface area (Å²) in [6, 6.07) is 11.9. The standard InChI is InChI=1S/C20H25N3O4.ClH/c1-26-17-12-15(20(25)22-11-7-6-10-21)16(13-18(17)27-2)23-19(24)14-8-4-3-5-9-14;/h3-5,8-9,12-13H,6-7,10-11,21H2,1-2H3,(H,22,25)(H,23,24);1H. The minimum Gasteiger partial charge on any atom is -0.493 e. The summed E-state index contributed by atoms with van der Waals surface area (Å²) >= 11 is 0. The van der Waals surface area contributed by atoms with Gasteiger partial charge >= 0.3 is 0 Å². The van der Waals surface area contributed by atoms with E-state index in [0.29, 0.717) is 41.4 Å². The summed E-state index contributed by atoms with van der Waals surface area (Å²) in [4.78, 5) is 25.1. The number of benzene rings is 2. The fourth-order valence-corrected chi connectivity index (χ4v) is 2.52. The summed E-state index contributed by atoms with van der Waals surface area (Å²) in [7, 11) is 2.98. The highest BCUT2D eigenvalue weighted by molar-refractivity contribution is 6.09. The first-order valence-corrected chi connectivity index (χ1v) is 8.71. The van der Waals surface area contributed by atoms with E-state index < -0.39 is 0 Å². The number of carbonyl (C=O) groups excluding carboxylic acids is 2. The number of rotatable bonds is 9. The molecular formula is C20H26ClN3O4. The zero-order chi connectivity index (χ0) is 19.6. The van der Waals surface area contributed by atoms with E-state index in [2.05, 4.69) is 10.6 Å². The first-order chi connectivity index (χ1) is 13.1. The number of amides is 2. The number of hydrogen-bond donors (Lipinski definition) is 3. The molecule has 0 heterocycles. The molecule has 0 unspecified atom stereocenters. The van der Waals surface area contributed by atoms with Crippen LogP contribution in [0, 0.1) is 0 Å². The zero-order valence-corrected chi connectivity index (χ0v) is 16.8. The van der Waals surface area contributed by atoms with Crippen LogP contribution in [0.1, 0.15) is 33.6 Å². The van der Waals surface area contributed by atoms with Crippen molar-refractivity contribution < 1.29 is 19.1 Å². The van der Waals surface area contributed by atoms with E-state index >= 15 is 0 Å². The Bertz CT molecular complexity index is 785. The van der Waals surface area contributed by atoms with Gasteiger partial charge in [0.15, 0.2) is 11.5 Å². The quantitative estimate of drug-likeness (QED) is 0.554. The number of halogens is 1. The van der Waals surface area contributed by atoms with Gasteiger partial charge in [-0.3, -0.25) is 9.59 Å². The van der Waals surface area contributed by atoms with Crippen molar-refractivity contribution >= 4 is 29.9 Å². The number of anilines is 1. The number of methoxy groups -OCH3 is 2. The van der Waals surface area contributed by atoms with E-state index in [-0.39, 0.29) is 24.2 Å². The molecule has 0 aliphatic heterocycles. The number of carbonyl (C=O) groups is 2. The van der Waals surface area contributed by atoms with Crippen molar-refractivity contribution in [3.05, 3.63) is 53.6 Å². The van der Waals surface area contributed by atoms with E-state index in [1.165, 1.54) is 14.2 Å². The molecule has 0 fully saturated rings. The SMILES string of the molecule is COc1cc(NC(=O)c2ccccc2)c(C(=O)NCCCCN)cc1OC.Cl. The maximum absolute atomic E-state index is 12.6. The summed E-state index contributed by atoms with van der Waals surface area (Å²) in [6.45, 7) is 1.07. The molecule has 0 spiro atoms. The van der Waals surface area contributed by atoms with Crippen molar-refractivity contribution in [3.63, 3.8) is 0 Å². The zero-order valence-electron chi connectivity index (χ0n) is 16.0. The van der Waals surface area contributed by atoms with Gasteiger partial charge in [-0.15, -0.1) is 12.4 Å². The van der Waals surface area contributed by atoms with Gasteiger partial charge in [-0.25, -0.2) is 0 Å². The molecule has 4 N–H and O–H groups in total. The molecule has 0 radical (unpaired) electrons. The molecule has 2 aromatic rings. The Kier molecular flexibility index (Phi) is 9.84. The summed E-state index contributed by atoms with van der Waals surface area (Å²) in [5.41, 5.74) is 6.60. The normalized spacial score (nSPS) is 9.82. The van der Waals surface area contributed by atoms with Crippen molar-refractivity contribution in [2.45, 2.75) is 12.8 Å². The lowest BCUT2D eigenvalue weighted by atomic mass is 10.1. The Labute approximate surface area is 171 Å². The predicted octanol–water partition coefficient (Wildman–Crippen LogP) is 2.85. The highest BCUT2D eigenvalue weighted by Crippen LogP contribution is 2.33. The Hall–Kier alpha value is -2.77. The van der Waals surface area contributed by atoms with Crippen LogP contribution in [0.15, 0.2) is 42.5 Å². The molecule has 0 atom stereocenters. The van der Waals surface area contributed by atoms with Crippen molar-refractivity contribution in [1.29, 1.82) is 0 Å². The third-order valence-electron chi connectivity index (χ3n) is 3.97. The highest BCUT2D eigenvalue weighted by Gasteiger charge is 2.19. The van der Waals surface area contributed by atoms with Crippen molar-refractivity contribution in [2.75, 3.05) is 32.6 Å². The third-order valence-corrected chi connectivity index (χ3v) is 3.97. The Morgan fingerprint density at radius 2 is 1.61 bits per heavy atom. The molecule has 0 bridgehead atoms. The first-order valence-electron chi connectivity index (χ1n) is 8.71. The van der Waals surface area contributed by atoms with Crippen LogP contribution in [0.4, 0.5) is 5.69 Å². The molecule has 0 aliphatic carbocycles. The molecule has 0 saturated heterocycles. The monoisotopic (exact) mass is 407 g/mol. The van der Waals surface area contributed by atoms with Crippen molar-refractivity contribution in [2.24, 2.45) is 5.73 Å². The Balaban J connectivity index is 0.00000392. The second-order valence-corrected chi connectivity index (χ2v) is 5.82. The van der Waals surface area contributed by atoms with E-state index in [9.17, 15) is 9.59 Å². The molecule has 2 amide bonds. The number of nitrogens with two attached hydrogens (primary N) is 1. The van der Waals surface area contributed by atoms with Gasteiger partial charge in [0.25, 0.3) is 11.8 Å². The van der Waals surface area contributed by atoms with E-state index in [1.807, 2.05) is 6.07 Å². The average molecular weight is 408 g/mol. The van der Waals surface area contributed by atoms with Gasteiger partial charge < -0.3 is 25.8 Å². The van der Waals surface area contributed by atoms with Gasteiger partial charge in [-0.05, 0) is 37.6 Å². The average Bonchev–Trinajstić information content (AvgIpc) is 2.71.